The Morgan fingerprint density at radius 3 is 2.58 bits per heavy atom. The largest absolute Gasteiger partial charge is 0.332 e. The molecule has 0 saturated carbocycles. The summed E-state index contributed by atoms with van der Waals surface area (Å²) in [6.07, 6.45) is 0. The molecule has 134 valence electrons. The van der Waals surface area contributed by atoms with Crippen molar-refractivity contribution in [2.75, 3.05) is 6.54 Å². The number of thiophene rings is 1. The fourth-order valence-corrected chi connectivity index (χ4v) is 3.73. The van der Waals surface area contributed by atoms with E-state index in [1.807, 2.05) is 43.3 Å². The summed E-state index contributed by atoms with van der Waals surface area (Å²) in [5.41, 5.74) is 1.02. The molecule has 1 amide bonds. The number of hydrogen-bond acceptors (Lipinski definition) is 4. The van der Waals surface area contributed by atoms with Crippen molar-refractivity contribution in [1.29, 1.82) is 0 Å². The van der Waals surface area contributed by atoms with Crippen molar-refractivity contribution < 1.29 is 4.79 Å². The Kier molecular flexibility index (Phi) is 5.54. The maximum absolute atomic E-state index is 12.9. The second-order valence-electron chi connectivity index (χ2n) is 5.77. The third-order valence-electron chi connectivity index (χ3n) is 3.96. The van der Waals surface area contributed by atoms with Gasteiger partial charge in [-0.2, -0.15) is 5.10 Å². The molecule has 26 heavy (non-hydrogen) atoms. The van der Waals surface area contributed by atoms with Crippen molar-refractivity contribution in [3.8, 4) is 5.69 Å². The Balaban J connectivity index is 1.96. The lowest BCUT2D eigenvalue weighted by Crippen LogP contribution is -2.35. The zero-order valence-corrected chi connectivity index (χ0v) is 16.0. The number of para-hydroxylation sites is 1. The lowest BCUT2D eigenvalue weighted by Gasteiger charge is -2.20. The van der Waals surface area contributed by atoms with Crippen molar-refractivity contribution in [1.82, 2.24) is 14.7 Å². The van der Waals surface area contributed by atoms with E-state index in [4.69, 9.17) is 11.6 Å². The van der Waals surface area contributed by atoms with Crippen LogP contribution in [-0.4, -0.2) is 27.1 Å². The average molecular weight is 388 g/mol. The summed E-state index contributed by atoms with van der Waals surface area (Å²) in [5, 5.41) is 4.35. The number of aromatic nitrogens is 2. The third-order valence-corrected chi connectivity index (χ3v) is 5.17. The van der Waals surface area contributed by atoms with Crippen LogP contribution in [0.4, 0.5) is 0 Å². The van der Waals surface area contributed by atoms with Crippen LogP contribution in [-0.2, 0) is 6.54 Å². The Morgan fingerprint density at radius 1 is 1.23 bits per heavy atom. The molecule has 2 aromatic heterocycles. The van der Waals surface area contributed by atoms with Gasteiger partial charge in [-0.1, -0.05) is 29.8 Å². The first-order valence-electron chi connectivity index (χ1n) is 8.19. The zero-order valence-electron chi connectivity index (χ0n) is 14.5. The monoisotopic (exact) mass is 387 g/mol. The number of rotatable bonds is 5. The average Bonchev–Trinajstić information content (AvgIpc) is 3.05. The van der Waals surface area contributed by atoms with Crippen LogP contribution >= 0.6 is 22.9 Å². The van der Waals surface area contributed by atoms with Gasteiger partial charge in [-0.25, -0.2) is 4.68 Å². The SMILES string of the molecule is CCN(Cc1ccc(Cl)s1)C(=O)c1nn(-c2ccccc2)c(C)cc1=O. The highest BCUT2D eigenvalue weighted by Crippen LogP contribution is 2.23. The van der Waals surface area contributed by atoms with Crippen LogP contribution in [0.5, 0.6) is 0 Å². The molecule has 0 atom stereocenters. The highest BCUT2D eigenvalue weighted by molar-refractivity contribution is 7.16. The van der Waals surface area contributed by atoms with E-state index in [-0.39, 0.29) is 17.0 Å². The van der Waals surface area contributed by atoms with Crippen molar-refractivity contribution in [2.24, 2.45) is 0 Å². The van der Waals surface area contributed by atoms with Crippen LogP contribution in [0.2, 0.25) is 4.34 Å². The van der Waals surface area contributed by atoms with Crippen LogP contribution in [0.1, 0.15) is 28.0 Å². The Labute approximate surface area is 160 Å². The van der Waals surface area contributed by atoms with Gasteiger partial charge in [-0.05, 0) is 38.1 Å². The van der Waals surface area contributed by atoms with E-state index >= 15 is 0 Å². The number of benzene rings is 1. The molecule has 3 rings (SSSR count). The van der Waals surface area contributed by atoms with Crippen LogP contribution < -0.4 is 5.43 Å². The first kappa shape index (κ1) is 18.4. The molecule has 0 unspecified atom stereocenters. The number of halogens is 1. The summed E-state index contributed by atoms with van der Waals surface area (Å²) < 4.78 is 2.29. The standard InChI is InChI=1S/C19H18ClN3O2S/c1-3-22(12-15-9-10-17(20)26-15)19(25)18-16(24)11-13(2)23(21-18)14-7-5-4-6-8-14/h4-11H,3,12H2,1-2H3. The fourth-order valence-electron chi connectivity index (χ4n) is 2.63. The quantitative estimate of drug-likeness (QED) is 0.666. The number of aryl methyl sites for hydroxylation is 1. The van der Waals surface area contributed by atoms with Gasteiger partial charge in [0, 0.05) is 23.2 Å². The molecule has 0 radical (unpaired) electrons. The number of nitrogens with zero attached hydrogens (tertiary/aromatic N) is 3. The Bertz CT molecular complexity index is 982. The minimum atomic E-state index is -0.383. The molecule has 0 aliphatic carbocycles. The van der Waals surface area contributed by atoms with Gasteiger partial charge in [0.2, 0.25) is 5.43 Å². The van der Waals surface area contributed by atoms with E-state index in [1.54, 1.807) is 22.6 Å². The minimum Gasteiger partial charge on any atom is -0.332 e. The van der Waals surface area contributed by atoms with E-state index in [0.717, 1.165) is 10.6 Å². The van der Waals surface area contributed by atoms with E-state index in [1.165, 1.54) is 17.4 Å². The third kappa shape index (κ3) is 3.86. The van der Waals surface area contributed by atoms with Gasteiger partial charge in [0.25, 0.3) is 5.91 Å². The Morgan fingerprint density at radius 2 is 1.96 bits per heavy atom. The Hall–Kier alpha value is -2.44. The van der Waals surface area contributed by atoms with Gasteiger partial charge < -0.3 is 4.90 Å². The van der Waals surface area contributed by atoms with Gasteiger partial charge in [0.1, 0.15) is 0 Å². The molecule has 2 heterocycles. The second-order valence-corrected chi connectivity index (χ2v) is 7.57. The molecule has 0 N–H and O–H groups in total. The summed E-state index contributed by atoms with van der Waals surface area (Å²) in [4.78, 5) is 27.9. The zero-order chi connectivity index (χ0) is 18.7. The molecule has 1 aromatic carbocycles. The second kappa shape index (κ2) is 7.85. The topological polar surface area (TPSA) is 55.2 Å². The van der Waals surface area contributed by atoms with E-state index < -0.39 is 0 Å². The summed E-state index contributed by atoms with van der Waals surface area (Å²) in [5.74, 6) is -0.383. The number of amides is 1. The summed E-state index contributed by atoms with van der Waals surface area (Å²) in [6, 6.07) is 14.6. The molecule has 0 fully saturated rings. The normalized spacial score (nSPS) is 10.7. The van der Waals surface area contributed by atoms with Crippen molar-refractivity contribution in [3.05, 3.63) is 79.4 Å². The first-order valence-corrected chi connectivity index (χ1v) is 9.39. The van der Waals surface area contributed by atoms with Crippen LogP contribution in [0.25, 0.3) is 5.69 Å². The molecule has 0 spiro atoms. The van der Waals surface area contributed by atoms with Gasteiger partial charge in [0.15, 0.2) is 5.69 Å². The molecule has 0 aliphatic heterocycles. The molecule has 5 nitrogen and oxygen atoms in total. The van der Waals surface area contributed by atoms with Gasteiger partial charge in [0.05, 0.1) is 16.6 Å². The summed E-state index contributed by atoms with van der Waals surface area (Å²) >= 11 is 7.38. The van der Waals surface area contributed by atoms with Crippen molar-refractivity contribution in [3.63, 3.8) is 0 Å². The number of carbonyl (C=O) groups excluding carboxylic acids is 1. The van der Waals surface area contributed by atoms with E-state index in [0.29, 0.717) is 23.1 Å². The van der Waals surface area contributed by atoms with Crippen LogP contribution in [0, 0.1) is 6.92 Å². The maximum atomic E-state index is 12.9. The predicted molar refractivity (Wildman–Crippen MR) is 104 cm³/mol. The maximum Gasteiger partial charge on any atom is 0.278 e. The number of hydrogen-bond donors (Lipinski definition) is 0. The van der Waals surface area contributed by atoms with Gasteiger partial charge in [-0.15, -0.1) is 11.3 Å². The molecule has 3 aromatic rings. The smallest absolute Gasteiger partial charge is 0.278 e. The van der Waals surface area contributed by atoms with Crippen molar-refractivity contribution in [2.45, 2.75) is 20.4 Å². The predicted octanol–water partition coefficient (Wildman–Crippen LogP) is 3.92. The molecule has 0 aliphatic rings. The molecular formula is C19H18ClN3O2S. The first-order chi connectivity index (χ1) is 12.5. The highest BCUT2D eigenvalue weighted by atomic mass is 35.5. The van der Waals surface area contributed by atoms with Crippen LogP contribution in [0.15, 0.2) is 53.3 Å². The summed E-state index contributed by atoms with van der Waals surface area (Å²) in [6.45, 7) is 4.53. The lowest BCUT2D eigenvalue weighted by molar-refractivity contribution is 0.0744. The minimum absolute atomic E-state index is 0.0797. The molecule has 0 saturated heterocycles. The van der Waals surface area contributed by atoms with E-state index in [9.17, 15) is 9.59 Å². The lowest BCUT2D eigenvalue weighted by atomic mass is 10.2. The van der Waals surface area contributed by atoms with Gasteiger partial charge in [-0.3, -0.25) is 9.59 Å². The fraction of sp³-hybridized carbons (Fsp3) is 0.211. The summed E-state index contributed by atoms with van der Waals surface area (Å²) in [7, 11) is 0. The highest BCUT2D eigenvalue weighted by Gasteiger charge is 2.21. The molecular weight excluding hydrogens is 370 g/mol. The van der Waals surface area contributed by atoms with Crippen LogP contribution in [0.3, 0.4) is 0 Å². The number of carbonyl (C=O) groups is 1. The molecule has 7 heteroatoms. The molecule has 0 bridgehead atoms. The van der Waals surface area contributed by atoms with E-state index in [2.05, 4.69) is 5.10 Å². The van der Waals surface area contributed by atoms with Gasteiger partial charge >= 0.3 is 0 Å². The van der Waals surface area contributed by atoms with Crippen molar-refractivity contribution >= 4 is 28.8 Å².